The molecule has 0 radical (unpaired) electrons. The predicted molar refractivity (Wildman–Crippen MR) is 66.2 cm³/mol. The van der Waals surface area contributed by atoms with Gasteiger partial charge in [0, 0.05) is 19.3 Å². The van der Waals surface area contributed by atoms with Gasteiger partial charge in [-0.3, -0.25) is 4.68 Å². The zero-order valence-corrected chi connectivity index (χ0v) is 10.3. The van der Waals surface area contributed by atoms with Crippen LogP contribution in [0.15, 0.2) is 12.3 Å². The third kappa shape index (κ3) is 3.08. The van der Waals surface area contributed by atoms with Crippen LogP contribution in [0.5, 0.6) is 0 Å². The molecule has 1 saturated carbocycles. The summed E-state index contributed by atoms with van der Waals surface area (Å²) >= 11 is 0. The summed E-state index contributed by atoms with van der Waals surface area (Å²) in [5, 5.41) is 7.88. The summed E-state index contributed by atoms with van der Waals surface area (Å²) in [5.74, 6) is 0.866. The van der Waals surface area contributed by atoms with E-state index in [9.17, 15) is 0 Å². The average Bonchev–Trinajstić information content (AvgIpc) is 2.92. The van der Waals surface area contributed by atoms with E-state index < -0.39 is 0 Å². The van der Waals surface area contributed by atoms with Crippen molar-refractivity contribution in [1.29, 1.82) is 0 Å². The van der Waals surface area contributed by atoms with Gasteiger partial charge >= 0.3 is 0 Å². The summed E-state index contributed by atoms with van der Waals surface area (Å²) in [5.41, 5.74) is 1.33. The van der Waals surface area contributed by atoms with Crippen molar-refractivity contribution >= 4 is 0 Å². The lowest BCUT2D eigenvalue weighted by molar-refractivity contribution is 0.415. The molecule has 0 atom stereocenters. The first-order chi connectivity index (χ1) is 7.90. The van der Waals surface area contributed by atoms with Crippen LogP contribution in [0.1, 0.15) is 44.7 Å². The summed E-state index contributed by atoms with van der Waals surface area (Å²) in [7, 11) is 0. The van der Waals surface area contributed by atoms with E-state index in [4.69, 9.17) is 0 Å². The SMILES string of the molecule is CCCNCc1ccnn1CC1CCCC1. The molecule has 2 rings (SSSR count). The molecule has 0 bridgehead atoms. The molecular weight excluding hydrogens is 198 g/mol. The van der Waals surface area contributed by atoms with Gasteiger partial charge in [-0.1, -0.05) is 19.8 Å². The number of nitrogens with zero attached hydrogens (tertiary/aromatic N) is 2. The molecule has 0 saturated heterocycles. The van der Waals surface area contributed by atoms with Crippen molar-refractivity contribution in [3.05, 3.63) is 18.0 Å². The van der Waals surface area contributed by atoms with E-state index in [2.05, 4.69) is 28.1 Å². The molecule has 1 N–H and O–H groups in total. The van der Waals surface area contributed by atoms with Gasteiger partial charge in [-0.05, 0) is 37.8 Å². The second kappa shape index (κ2) is 6.04. The minimum atomic E-state index is 0.866. The molecule has 1 heterocycles. The number of hydrogen-bond acceptors (Lipinski definition) is 2. The van der Waals surface area contributed by atoms with Crippen molar-refractivity contribution in [2.75, 3.05) is 6.54 Å². The Hall–Kier alpha value is -0.830. The van der Waals surface area contributed by atoms with Crippen LogP contribution >= 0.6 is 0 Å². The molecule has 3 nitrogen and oxygen atoms in total. The van der Waals surface area contributed by atoms with Crippen LogP contribution in [-0.4, -0.2) is 16.3 Å². The molecule has 0 aliphatic heterocycles. The summed E-state index contributed by atoms with van der Waals surface area (Å²) in [4.78, 5) is 0. The maximum Gasteiger partial charge on any atom is 0.0522 e. The van der Waals surface area contributed by atoms with Crippen molar-refractivity contribution in [3.63, 3.8) is 0 Å². The van der Waals surface area contributed by atoms with Crippen molar-refractivity contribution in [2.24, 2.45) is 5.92 Å². The van der Waals surface area contributed by atoms with E-state index in [-0.39, 0.29) is 0 Å². The van der Waals surface area contributed by atoms with Crippen molar-refractivity contribution in [1.82, 2.24) is 15.1 Å². The lowest BCUT2D eigenvalue weighted by Gasteiger charge is -2.12. The Bertz CT molecular complexity index is 300. The Labute approximate surface area is 98.2 Å². The third-order valence-electron chi connectivity index (χ3n) is 3.44. The summed E-state index contributed by atoms with van der Waals surface area (Å²) < 4.78 is 2.19. The van der Waals surface area contributed by atoms with Gasteiger partial charge in [-0.25, -0.2) is 0 Å². The monoisotopic (exact) mass is 221 g/mol. The normalized spacial score (nSPS) is 17.1. The maximum absolute atomic E-state index is 4.44. The zero-order valence-electron chi connectivity index (χ0n) is 10.3. The highest BCUT2D eigenvalue weighted by Crippen LogP contribution is 2.26. The number of nitrogens with one attached hydrogen (secondary N) is 1. The van der Waals surface area contributed by atoms with Crippen LogP contribution in [-0.2, 0) is 13.1 Å². The lowest BCUT2D eigenvalue weighted by Crippen LogP contribution is -2.19. The van der Waals surface area contributed by atoms with Gasteiger partial charge in [0.1, 0.15) is 0 Å². The number of aromatic nitrogens is 2. The molecule has 1 aliphatic rings. The highest BCUT2D eigenvalue weighted by Gasteiger charge is 2.16. The molecular formula is C13H23N3. The Morgan fingerprint density at radius 3 is 3.00 bits per heavy atom. The Morgan fingerprint density at radius 2 is 2.25 bits per heavy atom. The third-order valence-corrected chi connectivity index (χ3v) is 3.44. The topological polar surface area (TPSA) is 29.9 Å². The molecule has 0 spiro atoms. The quantitative estimate of drug-likeness (QED) is 0.748. The smallest absolute Gasteiger partial charge is 0.0522 e. The Balaban J connectivity index is 1.85. The maximum atomic E-state index is 4.44. The fourth-order valence-corrected chi connectivity index (χ4v) is 2.51. The van der Waals surface area contributed by atoms with E-state index in [1.54, 1.807) is 0 Å². The van der Waals surface area contributed by atoms with Crippen LogP contribution in [0.4, 0.5) is 0 Å². The van der Waals surface area contributed by atoms with Gasteiger partial charge in [0.05, 0.1) is 5.69 Å². The van der Waals surface area contributed by atoms with Crippen molar-refractivity contribution < 1.29 is 0 Å². The largest absolute Gasteiger partial charge is 0.311 e. The van der Waals surface area contributed by atoms with Gasteiger partial charge in [0.15, 0.2) is 0 Å². The minimum absolute atomic E-state index is 0.866. The molecule has 1 aromatic heterocycles. The van der Waals surface area contributed by atoms with Crippen LogP contribution in [0.3, 0.4) is 0 Å². The van der Waals surface area contributed by atoms with Gasteiger partial charge in [0.2, 0.25) is 0 Å². The molecule has 3 heteroatoms. The predicted octanol–water partition coefficient (Wildman–Crippen LogP) is 2.57. The number of rotatable bonds is 6. The standard InChI is InChI=1S/C13H23N3/c1-2-8-14-10-13-7-9-15-16(13)11-12-5-3-4-6-12/h7,9,12,14H,2-6,8,10-11H2,1H3. The van der Waals surface area contributed by atoms with E-state index in [1.807, 2.05) is 6.20 Å². The van der Waals surface area contributed by atoms with Gasteiger partial charge in [0.25, 0.3) is 0 Å². The van der Waals surface area contributed by atoms with Gasteiger partial charge in [-0.15, -0.1) is 0 Å². The fraction of sp³-hybridized carbons (Fsp3) is 0.769. The first-order valence-electron chi connectivity index (χ1n) is 6.61. The number of hydrogen-bond donors (Lipinski definition) is 1. The average molecular weight is 221 g/mol. The molecule has 0 amide bonds. The Morgan fingerprint density at radius 1 is 1.44 bits per heavy atom. The van der Waals surface area contributed by atoms with Crippen molar-refractivity contribution in [2.45, 2.75) is 52.1 Å². The van der Waals surface area contributed by atoms with Gasteiger partial charge < -0.3 is 5.32 Å². The molecule has 1 fully saturated rings. The zero-order chi connectivity index (χ0) is 11.2. The second-order valence-corrected chi connectivity index (χ2v) is 4.83. The Kier molecular flexibility index (Phi) is 4.40. The van der Waals surface area contributed by atoms with Crippen LogP contribution in [0.2, 0.25) is 0 Å². The van der Waals surface area contributed by atoms with Crippen LogP contribution < -0.4 is 5.32 Å². The van der Waals surface area contributed by atoms with Crippen LogP contribution in [0, 0.1) is 5.92 Å². The van der Waals surface area contributed by atoms with Gasteiger partial charge in [-0.2, -0.15) is 5.10 Å². The summed E-state index contributed by atoms with van der Waals surface area (Å²) in [6.07, 6.45) is 8.72. The van der Waals surface area contributed by atoms with E-state index in [0.29, 0.717) is 0 Å². The first kappa shape index (κ1) is 11.6. The van der Waals surface area contributed by atoms with E-state index in [1.165, 1.54) is 37.8 Å². The highest BCUT2D eigenvalue weighted by atomic mass is 15.3. The molecule has 1 aromatic rings. The second-order valence-electron chi connectivity index (χ2n) is 4.83. The molecule has 0 unspecified atom stereocenters. The molecule has 0 aromatic carbocycles. The first-order valence-corrected chi connectivity index (χ1v) is 6.61. The molecule has 1 aliphatic carbocycles. The summed E-state index contributed by atoms with van der Waals surface area (Å²) in [6.45, 7) is 5.37. The van der Waals surface area contributed by atoms with E-state index in [0.717, 1.165) is 25.6 Å². The van der Waals surface area contributed by atoms with Crippen molar-refractivity contribution in [3.8, 4) is 0 Å². The van der Waals surface area contributed by atoms with E-state index >= 15 is 0 Å². The lowest BCUT2D eigenvalue weighted by atomic mass is 10.1. The highest BCUT2D eigenvalue weighted by molar-refractivity contribution is 5.00. The molecule has 16 heavy (non-hydrogen) atoms. The van der Waals surface area contributed by atoms with Crippen LogP contribution in [0.25, 0.3) is 0 Å². The molecule has 90 valence electrons. The minimum Gasteiger partial charge on any atom is -0.311 e. The fourth-order valence-electron chi connectivity index (χ4n) is 2.51. The summed E-state index contributed by atoms with van der Waals surface area (Å²) in [6, 6.07) is 2.14.